The molecule has 0 spiro atoms. The van der Waals surface area contributed by atoms with Crippen LogP contribution in [0.25, 0.3) is 0 Å². The molecule has 2 aromatic heterocycles. The number of hydrogen-bond donors (Lipinski definition) is 0. The highest BCUT2D eigenvalue weighted by atomic mass is 32.2. The summed E-state index contributed by atoms with van der Waals surface area (Å²) in [7, 11) is 1.96. The van der Waals surface area contributed by atoms with E-state index in [2.05, 4.69) is 20.2 Å². The lowest BCUT2D eigenvalue weighted by Gasteiger charge is -2.23. The van der Waals surface area contributed by atoms with Gasteiger partial charge in [0.25, 0.3) is 0 Å². The Hall–Kier alpha value is -1.94. The normalized spacial score (nSPS) is 14.9. The predicted molar refractivity (Wildman–Crippen MR) is 68.5 cm³/mol. The molecule has 2 heterocycles. The van der Waals surface area contributed by atoms with Crippen LogP contribution >= 0.6 is 11.8 Å². The van der Waals surface area contributed by atoms with Crippen molar-refractivity contribution in [2.75, 3.05) is 0 Å². The zero-order chi connectivity index (χ0) is 13.2. The molecule has 0 bridgehead atoms. The molecule has 0 saturated heterocycles. The van der Waals surface area contributed by atoms with Gasteiger partial charge in [0.1, 0.15) is 16.9 Å². The zero-order valence-corrected chi connectivity index (χ0v) is 11.3. The SMILES string of the molecule is Cn1c(Sc2nccnc2C#N)nnc1C1CCC1. The quantitative estimate of drug-likeness (QED) is 0.848. The number of nitrogens with zero attached hydrogens (tertiary/aromatic N) is 6. The second-order valence-electron chi connectivity index (χ2n) is 4.45. The van der Waals surface area contributed by atoms with Crippen LogP contribution in [0.15, 0.2) is 22.6 Å². The first-order valence-corrected chi connectivity index (χ1v) is 6.89. The molecule has 0 amide bonds. The molecule has 6 nitrogen and oxygen atoms in total. The van der Waals surface area contributed by atoms with E-state index in [4.69, 9.17) is 5.26 Å². The Morgan fingerprint density at radius 1 is 1.32 bits per heavy atom. The molecule has 0 N–H and O–H groups in total. The van der Waals surface area contributed by atoms with Gasteiger partial charge in [-0.1, -0.05) is 6.42 Å². The molecule has 1 fully saturated rings. The summed E-state index contributed by atoms with van der Waals surface area (Å²) in [5.41, 5.74) is 0.320. The summed E-state index contributed by atoms with van der Waals surface area (Å²) in [6.07, 6.45) is 6.73. The fourth-order valence-electron chi connectivity index (χ4n) is 2.00. The molecular formula is C12H12N6S. The Morgan fingerprint density at radius 3 is 2.79 bits per heavy atom. The highest BCUT2D eigenvalue weighted by molar-refractivity contribution is 7.99. The maximum atomic E-state index is 9.00. The summed E-state index contributed by atoms with van der Waals surface area (Å²) in [5.74, 6) is 1.56. The van der Waals surface area contributed by atoms with Crippen LogP contribution in [-0.2, 0) is 7.05 Å². The molecule has 0 radical (unpaired) electrons. The van der Waals surface area contributed by atoms with E-state index >= 15 is 0 Å². The molecule has 1 aliphatic rings. The van der Waals surface area contributed by atoms with Crippen LogP contribution in [-0.4, -0.2) is 24.7 Å². The standard InChI is InChI=1S/C12H12N6S/c1-18-10(8-3-2-4-8)16-17-12(18)19-11-9(7-13)14-5-6-15-11/h5-6,8H,2-4H2,1H3. The lowest BCUT2D eigenvalue weighted by molar-refractivity contribution is 0.390. The van der Waals surface area contributed by atoms with Gasteiger partial charge in [-0.15, -0.1) is 10.2 Å². The zero-order valence-electron chi connectivity index (χ0n) is 10.4. The van der Waals surface area contributed by atoms with Crippen molar-refractivity contribution in [1.29, 1.82) is 5.26 Å². The number of hydrogen-bond acceptors (Lipinski definition) is 6. The lowest BCUT2D eigenvalue weighted by Crippen LogP contribution is -2.14. The van der Waals surface area contributed by atoms with Crippen molar-refractivity contribution in [1.82, 2.24) is 24.7 Å². The fraction of sp³-hybridized carbons (Fsp3) is 0.417. The van der Waals surface area contributed by atoms with Gasteiger partial charge >= 0.3 is 0 Å². The molecule has 1 saturated carbocycles. The smallest absolute Gasteiger partial charge is 0.197 e. The van der Waals surface area contributed by atoms with Crippen LogP contribution in [0.1, 0.15) is 36.7 Å². The second-order valence-corrected chi connectivity index (χ2v) is 5.41. The minimum absolute atomic E-state index is 0.320. The molecule has 1 aliphatic carbocycles. The summed E-state index contributed by atoms with van der Waals surface area (Å²) in [6, 6.07) is 2.04. The van der Waals surface area contributed by atoms with Crippen LogP contribution in [0.2, 0.25) is 0 Å². The number of nitriles is 1. The Labute approximate surface area is 114 Å². The molecule has 0 aromatic carbocycles. The van der Waals surface area contributed by atoms with E-state index in [9.17, 15) is 0 Å². The van der Waals surface area contributed by atoms with Gasteiger partial charge in [-0.2, -0.15) is 5.26 Å². The van der Waals surface area contributed by atoms with Crippen molar-refractivity contribution >= 4 is 11.8 Å². The minimum Gasteiger partial charge on any atom is -0.309 e. The molecule has 7 heteroatoms. The summed E-state index contributed by atoms with van der Waals surface area (Å²) in [5, 5.41) is 18.8. The molecule has 0 atom stereocenters. The summed E-state index contributed by atoms with van der Waals surface area (Å²) < 4.78 is 1.99. The molecule has 96 valence electrons. The van der Waals surface area contributed by atoms with Crippen LogP contribution in [0.5, 0.6) is 0 Å². The van der Waals surface area contributed by atoms with Crippen molar-refractivity contribution in [3.8, 4) is 6.07 Å². The molecule has 0 unspecified atom stereocenters. The Balaban J connectivity index is 1.87. The van der Waals surface area contributed by atoms with Crippen molar-refractivity contribution in [2.24, 2.45) is 7.05 Å². The minimum atomic E-state index is 0.320. The second kappa shape index (κ2) is 4.97. The topological polar surface area (TPSA) is 80.3 Å². The highest BCUT2D eigenvalue weighted by Crippen LogP contribution is 2.36. The van der Waals surface area contributed by atoms with E-state index in [1.165, 1.54) is 37.2 Å². The van der Waals surface area contributed by atoms with Crippen molar-refractivity contribution < 1.29 is 0 Å². The first-order valence-electron chi connectivity index (χ1n) is 6.08. The van der Waals surface area contributed by atoms with Crippen molar-refractivity contribution in [2.45, 2.75) is 35.4 Å². The van der Waals surface area contributed by atoms with Gasteiger partial charge in [-0.05, 0) is 24.6 Å². The van der Waals surface area contributed by atoms with Crippen LogP contribution in [0.4, 0.5) is 0 Å². The Bertz CT molecular complexity index is 640. The third-order valence-electron chi connectivity index (χ3n) is 3.30. The van der Waals surface area contributed by atoms with Gasteiger partial charge in [0.05, 0.1) is 0 Å². The van der Waals surface area contributed by atoms with Crippen LogP contribution in [0.3, 0.4) is 0 Å². The largest absolute Gasteiger partial charge is 0.309 e. The van der Waals surface area contributed by atoms with E-state index in [1.54, 1.807) is 6.20 Å². The monoisotopic (exact) mass is 272 g/mol. The molecule has 0 aliphatic heterocycles. The van der Waals surface area contributed by atoms with Gasteiger partial charge in [-0.25, -0.2) is 9.97 Å². The van der Waals surface area contributed by atoms with Gasteiger partial charge in [0.2, 0.25) is 0 Å². The summed E-state index contributed by atoms with van der Waals surface area (Å²) in [4.78, 5) is 8.16. The van der Waals surface area contributed by atoms with E-state index in [1.807, 2.05) is 17.7 Å². The lowest BCUT2D eigenvalue weighted by atomic mass is 9.85. The summed E-state index contributed by atoms with van der Waals surface area (Å²) in [6.45, 7) is 0. The van der Waals surface area contributed by atoms with Gasteiger partial charge in [0.15, 0.2) is 10.9 Å². The maximum absolute atomic E-state index is 9.00. The fourth-order valence-corrected chi connectivity index (χ4v) is 2.79. The van der Waals surface area contributed by atoms with E-state index < -0.39 is 0 Å². The Morgan fingerprint density at radius 2 is 2.11 bits per heavy atom. The third-order valence-corrected chi connectivity index (χ3v) is 4.33. The van der Waals surface area contributed by atoms with Crippen molar-refractivity contribution in [3.05, 3.63) is 23.9 Å². The molecule has 2 aromatic rings. The van der Waals surface area contributed by atoms with E-state index in [0.717, 1.165) is 11.0 Å². The first-order chi connectivity index (χ1) is 9.29. The van der Waals surface area contributed by atoms with Crippen LogP contribution in [0, 0.1) is 11.3 Å². The van der Waals surface area contributed by atoms with Gasteiger partial charge < -0.3 is 4.57 Å². The van der Waals surface area contributed by atoms with Crippen LogP contribution < -0.4 is 0 Å². The molecule has 3 rings (SSSR count). The van der Waals surface area contributed by atoms with E-state index in [0.29, 0.717) is 16.6 Å². The predicted octanol–water partition coefficient (Wildman–Crippen LogP) is 1.90. The Kier molecular flexibility index (Phi) is 3.17. The number of aromatic nitrogens is 5. The third kappa shape index (κ3) is 2.19. The highest BCUT2D eigenvalue weighted by Gasteiger charge is 2.25. The van der Waals surface area contributed by atoms with E-state index in [-0.39, 0.29) is 0 Å². The first kappa shape index (κ1) is 12.1. The number of rotatable bonds is 3. The molecular weight excluding hydrogens is 260 g/mol. The summed E-state index contributed by atoms with van der Waals surface area (Å²) >= 11 is 1.33. The maximum Gasteiger partial charge on any atom is 0.197 e. The molecule has 19 heavy (non-hydrogen) atoms. The van der Waals surface area contributed by atoms with Gasteiger partial charge in [-0.3, -0.25) is 0 Å². The average molecular weight is 272 g/mol. The average Bonchev–Trinajstić information content (AvgIpc) is 2.71. The van der Waals surface area contributed by atoms with Gasteiger partial charge in [0, 0.05) is 25.4 Å². The van der Waals surface area contributed by atoms with Crippen molar-refractivity contribution in [3.63, 3.8) is 0 Å².